The predicted molar refractivity (Wildman–Crippen MR) is 90.5 cm³/mol. The number of amides is 1. The summed E-state index contributed by atoms with van der Waals surface area (Å²) in [7, 11) is 0. The first kappa shape index (κ1) is 16.0. The average molecular weight is 315 g/mol. The molecule has 1 aromatic rings. The number of hydrogen-bond donors (Lipinski definition) is 1. The number of nitrogens with zero attached hydrogens (tertiary/aromatic N) is 2. The molecule has 1 N–H and O–H groups in total. The molecule has 0 spiro atoms. The van der Waals surface area contributed by atoms with Crippen molar-refractivity contribution in [2.75, 3.05) is 26.2 Å². The summed E-state index contributed by atoms with van der Waals surface area (Å²) in [6.07, 6.45) is 6.13. The van der Waals surface area contributed by atoms with Crippen LogP contribution < -0.4 is 5.56 Å². The third kappa shape index (κ3) is 3.55. The topological polar surface area (TPSA) is 56.4 Å². The van der Waals surface area contributed by atoms with Gasteiger partial charge in [0.15, 0.2) is 0 Å². The van der Waals surface area contributed by atoms with Crippen molar-refractivity contribution in [2.24, 2.45) is 5.92 Å². The van der Waals surface area contributed by atoms with Crippen LogP contribution in [-0.2, 0) is 0 Å². The zero-order valence-electron chi connectivity index (χ0n) is 13.9. The molecule has 5 heteroatoms. The van der Waals surface area contributed by atoms with Crippen LogP contribution in [0.3, 0.4) is 0 Å². The Balaban J connectivity index is 1.77. The maximum absolute atomic E-state index is 12.7. The third-order valence-electron chi connectivity index (χ3n) is 4.90. The second-order valence-corrected chi connectivity index (χ2v) is 6.96. The van der Waals surface area contributed by atoms with Crippen molar-refractivity contribution in [1.29, 1.82) is 0 Å². The summed E-state index contributed by atoms with van der Waals surface area (Å²) in [5.74, 6) is 0.374. The van der Waals surface area contributed by atoms with Gasteiger partial charge < -0.3 is 9.88 Å². The lowest BCUT2D eigenvalue weighted by Gasteiger charge is -2.35. The molecule has 1 aromatic heterocycles. The Kier molecular flexibility index (Phi) is 4.66. The van der Waals surface area contributed by atoms with Crippen molar-refractivity contribution in [3.05, 3.63) is 45.9 Å². The Hall–Kier alpha value is -1.88. The lowest BCUT2D eigenvalue weighted by atomic mass is 9.95. The largest absolute Gasteiger partial charge is 0.337 e. The Morgan fingerprint density at radius 2 is 2.13 bits per heavy atom. The number of H-pyrrole nitrogens is 1. The van der Waals surface area contributed by atoms with Gasteiger partial charge in [-0.2, -0.15) is 0 Å². The summed E-state index contributed by atoms with van der Waals surface area (Å²) in [5, 5.41) is 0. The lowest BCUT2D eigenvalue weighted by Crippen LogP contribution is -2.44. The Morgan fingerprint density at radius 3 is 2.87 bits per heavy atom. The van der Waals surface area contributed by atoms with E-state index in [1.807, 2.05) is 4.90 Å². The molecule has 0 unspecified atom stereocenters. The van der Waals surface area contributed by atoms with Crippen molar-refractivity contribution in [3.63, 3.8) is 0 Å². The first-order valence-electron chi connectivity index (χ1n) is 8.39. The minimum absolute atomic E-state index is 0.132. The summed E-state index contributed by atoms with van der Waals surface area (Å²) < 4.78 is 0. The first-order chi connectivity index (χ1) is 11.0. The van der Waals surface area contributed by atoms with Gasteiger partial charge in [-0.25, -0.2) is 0 Å². The molecule has 3 saturated heterocycles. The van der Waals surface area contributed by atoms with Crippen molar-refractivity contribution in [1.82, 2.24) is 14.8 Å². The fraction of sp³-hybridized carbons (Fsp3) is 0.556. The molecule has 4 heterocycles. The van der Waals surface area contributed by atoms with Crippen molar-refractivity contribution < 1.29 is 4.79 Å². The van der Waals surface area contributed by atoms with Crippen LogP contribution in [0.1, 0.15) is 37.0 Å². The summed E-state index contributed by atoms with van der Waals surface area (Å²) >= 11 is 0. The first-order valence-corrected chi connectivity index (χ1v) is 8.39. The van der Waals surface area contributed by atoms with E-state index < -0.39 is 0 Å². The number of allylic oxidation sites excluding steroid dienone is 1. The van der Waals surface area contributed by atoms with E-state index in [4.69, 9.17) is 0 Å². The Morgan fingerprint density at radius 1 is 1.30 bits per heavy atom. The van der Waals surface area contributed by atoms with Gasteiger partial charge in [0.1, 0.15) is 5.56 Å². The minimum Gasteiger partial charge on any atom is -0.337 e. The summed E-state index contributed by atoms with van der Waals surface area (Å²) in [6.45, 7) is 7.72. The number of aromatic nitrogens is 1. The molecule has 23 heavy (non-hydrogen) atoms. The van der Waals surface area contributed by atoms with Gasteiger partial charge in [-0.15, -0.1) is 0 Å². The predicted octanol–water partition coefficient (Wildman–Crippen LogP) is 1.88. The third-order valence-corrected chi connectivity index (χ3v) is 4.90. The van der Waals surface area contributed by atoms with E-state index in [0.29, 0.717) is 12.0 Å². The van der Waals surface area contributed by atoms with Gasteiger partial charge in [0, 0.05) is 38.4 Å². The van der Waals surface area contributed by atoms with Gasteiger partial charge in [-0.3, -0.25) is 14.5 Å². The number of aromatic amines is 1. The number of piperidine rings is 1. The standard InChI is InChI=1S/C18H25N3O2/c1-13(2)7-9-20-10-14-5-6-15(20)12-21(11-14)18(23)16-4-3-8-19-17(16)22/h3-4,7-8,14-15H,5-6,9-12H2,1-2H3,(H,19,22)/t14-,15-/m0/s1. The quantitative estimate of drug-likeness (QED) is 0.867. The summed E-state index contributed by atoms with van der Waals surface area (Å²) in [4.78, 5) is 31.6. The van der Waals surface area contributed by atoms with Crippen LogP contribution in [0.15, 0.2) is 34.8 Å². The van der Waals surface area contributed by atoms with Crippen LogP contribution in [0, 0.1) is 5.92 Å². The second kappa shape index (κ2) is 6.71. The van der Waals surface area contributed by atoms with E-state index in [9.17, 15) is 9.59 Å². The summed E-state index contributed by atoms with van der Waals surface area (Å²) in [5.41, 5.74) is 1.29. The number of hydrogen-bond acceptors (Lipinski definition) is 3. The fourth-order valence-electron chi connectivity index (χ4n) is 3.63. The Bertz CT molecular complexity index is 660. The molecule has 3 aliphatic rings. The van der Waals surface area contributed by atoms with Crippen LogP contribution in [0.4, 0.5) is 0 Å². The van der Waals surface area contributed by atoms with Gasteiger partial charge in [0.2, 0.25) is 0 Å². The molecule has 3 aliphatic heterocycles. The molecule has 124 valence electrons. The zero-order valence-corrected chi connectivity index (χ0v) is 13.9. The highest BCUT2D eigenvalue weighted by Crippen LogP contribution is 2.28. The van der Waals surface area contributed by atoms with Crippen LogP contribution in [-0.4, -0.2) is 52.9 Å². The molecule has 0 aliphatic carbocycles. The second-order valence-electron chi connectivity index (χ2n) is 6.96. The van der Waals surface area contributed by atoms with Crippen LogP contribution >= 0.6 is 0 Å². The molecule has 2 atom stereocenters. The molecule has 4 rings (SSSR count). The van der Waals surface area contributed by atoms with E-state index in [1.54, 1.807) is 18.3 Å². The lowest BCUT2D eigenvalue weighted by molar-refractivity contribution is 0.0738. The van der Waals surface area contributed by atoms with E-state index in [-0.39, 0.29) is 17.0 Å². The van der Waals surface area contributed by atoms with Gasteiger partial charge in [-0.1, -0.05) is 11.6 Å². The number of carbonyl (C=O) groups is 1. The van der Waals surface area contributed by atoms with Crippen molar-refractivity contribution in [2.45, 2.75) is 32.7 Å². The number of fused-ring (bicyclic) bond motifs is 4. The fourth-order valence-corrected chi connectivity index (χ4v) is 3.63. The maximum Gasteiger partial charge on any atom is 0.260 e. The number of carbonyl (C=O) groups excluding carboxylic acids is 1. The van der Waals surface area contributed by atoms with Gasteiger partial charge in [0.05, 0.1) is 0 Å². The van der Waals surface area contributed by atoms with Gasteiger partial charge in [0.25, 0.3) is 11.5 Å². The highest BCUT2D eigenvalue weighted by molar-refractivity contribution is 5.93. The molecule has 0 radical (unpaired) electrons. The van der Waals surface area contributed by atoms with Crippen molar-refractivity contribution in [3.8, 4) is 0 Å². The van der Waals surface area contributed by atoms with Crippen LogP contribution in [0.25, 0.3) is 0 Å². The van der Waals surface area contributed by atoms with E-state index in [0.717, 1.165) is 32.6 Å². The Labute approximate surface area is 137 Å². The molecule has 5 nitrogen and oxygen atoms in total. The van der Waals surface area contributed by atoms with Crippen LogP contribution in [0.2, 0.25) is 0 Å². The molecule has 0 aromatic carbocycles. The normalized spacial score (nSPS) is 24.3. The molecule has 0 saturated carbocycles. The average Bonchev–Trinajstić information content (AvgIpc) is 2.84. The highest BCUT2D eigenvalue weighted by atomic mass is 16.2. The van der Waals surface area contributed by atoms with Crippen molar-refractivity contribution >= 4 is 5.91 Å². The molecule has 3 fully saturated rings. The zero-order chi connectivity index (χ0) is 16.4. The highest BCUT2D eigenvalue weighted by Gasteiger charge is 2.36. The SMILES string of the molecule is CC(C)=CCN1C[C@@H]2CC[C@H]1CN(C(=O)c1ccc[nH]c1=O)C2. The number of nitrogens with one attached hydrogen (secondary N) is 1. The van der Waals surface area contributed by atoms with E-state index in [1.165, 1.54) is 12.0 Å². The number of pyridine rings is 1. The summed E-state index contributed by atoms with van der Waals surface area (Å²) in [6, 6.07) is 3.73. The van der Waals surface area contributed by atoms with E-state index >= 15 is 0 Å². The minimum atomic E-state index is -0.296. The number of rotatable bonds is 3. The monoisotopic (exact) mass is 315 g/mol. The molecular weight excluding hydrogens is 290 g/mol. The van der Waals surface area contributed by atoms with Gasteiger partial charge >= 0.3 is 0 Å². The van der Waals surface area contributed by atoms with Crippen LogP contribution in [0.5, 0.6) is 0 Å². The van der Waals surface area contributed by atoms with E-state index in [2.05, 4.69) is 29.8 Å². The molecular formula is C18H25N3O2. The molecule has 2 bridgehead atoms. The maximum atomic E-state index is 12.7. The van der Waals surface area contributed by atoms with Gasteiger partial charge in [-0.05, 0) is 44.7 Å². The smallest absolute Gasteiger partial charge is 0.260 e. The molecule has 1 amide bonds.